The van der Waals surface area contributed by atoms with Gasteiger partial charge in [0.25, 0.3) is 0 Å². The quantitative estimate of drug-likeness (QED) is 0.450. The Morgan fingerprint density at radius 2 is 2.14 bits per heavy atom. The molecule has 2 N–H and O–H groups in total. The maximum absolute atomic E-state index is 13.9. The maximum Gasteiger partial charge on any atom is 0.338 e. The number of ether oxygens (including phenoxy) is 1. The van der Waals surface area contributed by atoms with E-state index in [-0.39, 0.29) is 31.0 Å². The summed E-state index contributed by atoms with van der Waals surface area (Å²) in [5, 5.41) is 14.1. The van der Waals surface area contributed by atoms with Crippen molar-refractivity contribution < 1.29 is 32.2 Å². The molecule has 1 aromatic heterocycles. The Labute approximate surface area is 225 Å². The number of amidine groups is 1. The van der Waals surface area contributed by atoms with Crippen LogP contribution in [0.5, 0.6) is 0 Å². The number of aromatic nitrogens is 1. The molecule has 0 aliphatic carbocycles. The predicted molar refractivity (Wildman–Crippen MR) is 139 cm³/mol. The highest BCUT2D eigenvalue weighted by atomic mass is 79.9. The molecule has 2 aliphatic heterocycles. The van der Waals surface area contributed by atoms with E-state index >= 15 is 0 Å². The number of carboxylic acid groups (broad SMARTS) is 1. The molecule has 1 saturated heterocycles. The SMILES string of the molecule is CCOC(=O)C1=C(CN2CCS(=O)(=O)C(C)C2C(=O)O)NC(c2nccs2)=NC1c1ccc(F)cc1Br. The first-order valence-corrected chi connectivity index (χ1v) is 14.7. The topological polar surface area (TPSA) is 138 Å². The number of hydrogen-bond acceptors (Lipinski definition) is 10. The molecule has 0 radical (unpaired) electrons. The summed E-state index contributed by atoms with van der Waals surface area (Å²) in [7, 11) is -3.60. The molecule has 0 bridgehead atoms. The monoisotopic (exact) mass is 614 g/mol. The average Bonchev–Trinajstić information content (AvgIpc) is 3.36. The van der Waals surface area contributed by atoms with E-state index in [4.69, 9.17) is 9.73 Å². The van der Waals surface area contributed by atoms with Crippen LogP contribution < -0.4 is 5.32 Å². The van der Waals surface area contributed by atoms with Crippen LogP contribution >= 0.6 is 27.3 Å². The Bertz CT molecular complexity index is 1380. The Hall–Kier alpha value is -2.68. The molecule has 0 spiro atoms. The van der Waals surface area contributed by atoms with Crippen molar-refractivity contribution in [2.75, 3.05) is 25.4 Å². The van der Waals surface area contributed by atoms with Gasteiger partial charge in [0.15, 0.2) is 20.7 Å². The lowest BCUT2D eigenvalue weighted by molar-refractivity contribution is -0.143. The summed E-state index contributed by atoms with van der Waals surface area (Å²) < 4.78 is 44.5. The van der Waals surface area contributed by atoms with Crippen molar-refractivity contribution in [2.45, 2.75) is 31.2 Å². The summed E-state index contributed by atoms with van der Waals surface area (Å²) in [6.45, 7) is 2.96. The third kappa shape index (κ3) is 5.61. The van der Waals surface area contributed by atoms with E-state index in [9.17, 15) is 27.5 Å². The van der Waals surface area contributed by atoms with E-state index in [1.54, 1.807) is 18.5 Å². The summed E-state index contributed by atoms with van der Waals surface area (Å²) in [5.74, 6) is -2.33. The third-order valence-corrected chi connectivity index (χ3v) is 9.80. The van der Waals surface area contributed by atoms with Gasteiger partial charge in [-0.2, -0.15) is 0 Å². The van der Waals surface area contributed by atoms with Crippen molar-refractivity contribution in [2.24, 2.45) is 4.99 Å². The van der Waals surface area contributed by atoms with E-state index in [1.165, 1.54) is 41.4 Å². The van der Waals surface area contributed by atoms with Gasteiger partial charge in [0.2, 0.25) is 0 Å². The van der Waals surface area contributed by atoms with Gasteiger partial charge in [0, 0.05) is 34.8 Å². The lowest BCUT2D eigenvalue weighted by Crippen LogP contribution is -2.58. The number of nitrogens with one attached hydrogen (secondary N) is 1. The van der Waals surface area contributed by atoms with Gasteiger partial charge in [-0.15, -0.1) is 11.3 Å². The molecule has 3 atom stereocenters. The molecule has 14 heteroatoms. The Morgan fingerprint density at radius 1 is 1.38 bits per heavy atom. The number of esters is 1. The number of halogens is 2. The maximum atomic E-state index is 13.9. The number of rotatable bonds is 7. The second kappa shape index (κ2) is 11.0. The number of nitrogens with zero attached hydrogens (tertiary/aromatic N) is 3. The highest BCUT2D eigenvalue weighted by Gasteiger charge is 2.44. The molecule has 3 unspecified atom stereocenters. The molecule has 37 heavy (non-hydrogen) atoms. The summed E-state index contributed by atoms with van der Waals surface area (Å²) in [5.41, 5.74) is 0.902. The highest BCUT2D eigenvalue weighted by molar-refractivity contribution is 9.10. The lowest BCUT2D eigenvalue weighted by atomic mass is 9.95. The second-order valence-electron chi connectivity index (χ2n) is 8.45. The molecule has 4 rings (SSSR count). The van der Waals surface area contributed by atoms with E-state index in [0.717, 1.165) is 0 Å². The number of carbonyl (C=O) groups excluding carboxylic acids is 1. The normalized spacial score (nSPS) is 23.8. The molecule has 1 fully saturated rings. The predicted octanol–water partition coefficient (Wildman–Crippen LogP) is 2.53. The van der Waals surface area contributed by atoms with Gasteiger partial charge in [0.1, 0.15) is 17.9 Å². The van der Waals surface area contributed by atoms with Gasteiger partial charge in [-0.05, 0) is 31.5 Å². The van der Waals surface area contributed by atoms with Crippen molar-refractivity contribution in [1.29, 1.82) is 0 Å². The number of hydrogen-bond donors (Lipinski definition) is 2. The first kappa shape index (κ1) is 27.4. The smallest absolute Gasteiger partial charge is 0.338 e. The zero-order valence-electron chi connectivity index (χ0n) is 19.8. The molecular weight excluding hydrogens is 591 g/mol. The van der Waals surface area contributed by atoms with Gasteiger partial charge in [-0.1, -0.05) is 22.0 Å². The van der Waals surface area contributed by atoms with Crippen LogP contribution in [-0.2, 0) is 24.2 Å². The minimum atomic E-state index is -3.60. The fraction of sp³-hybridized carbons (Fsp3) is 0.391. The van der Waals surface area contributed by atoms with E-state index in [2.05, 4.69) is 26.2 Å². The number of sulfone groups is 1. The van der Waals surface area contributed by atoms with Gasteiger partial charge in [-0.3, -0.25) is 14.7 Å². The van der Waals surface area contributed by atoms with Crippen LogP contribution in [0.25, 0.3) is 0 Å². The number of benzene rings is 1. The van der Waals surface area contributed by atoms with E-state index in [0.29, 0.717) is 26.6 Å². The molecule has 3 heterocycles. The molecule has 0 amide bonds. The Kier molecular flexibility index (Phi) is 8.11. The van der Waals surface area contributed by atoms with Crippen LogP contribution in [0.3, 0.4) is 0 Å². The Morgan fingerprint density at radius 3 is 2.76 bits per heavy atom. The summed E-state index contributed by atoms with van der Waals surface area (Å²) in [6.07, 6.45) is 1.59. The molecule has 0 saturated carbocycles. The van der Waals surface area contributed by atoms with Gasteiger partial charge in [-0.25, -0.2) is 22.6 Å². The standard InChI is InChI=1S/C23H24BrFN4O6S2/c1-3-35-23(32)17-16(11-29-7-9-37(33,34)12(2)19(29)22(30)31)27-20(21-26-6-8-36-21)28-18(17)14-5-4-13(25)10-15(14)24/h4-6,8,10,12,18-19H,3,7,9,11H2,1-2H3,(H,27,28)(H,30,31). The molecule has 2 aromatic rings. The number of carbonyl (C=O) groups is 2. The molecule has 10 nitrogen and oxygen atoms in total. The fourth-order valence-electron chi connectivity index (χ4n) is 4.37. The van der Waals surface area contributed by atoms with Crippen molar-refractivity contribution in [3.8, 4) is 0 Å². The van der Waals surface area contributed by atoms with Gasteiger partial charge < -0.3 is 15.2 Å². The zero-order chi connectivity index (χ0) is 26.9. The highest BCUT2D eigenvalue weighted by Crippen LogP contribution is 2.37. The first-order chi connectivity index (χ1) is 17.5. The van der Waals surface area contributed by atoms with Gasteiger partial charge >= 0.3 is 11.9 Å². The minimum Gasteiger partial charge on any atom is -0.480 e. The summed E-state index contributed by atoms with van der Waals surface area (Å²) in [4.78, 5) is 35.9. The van der Waals surface area contributed by atoms with E-state index < -0.39 is 44.9 Å². The fourth-order valence-corrected chi connectivity index (χ4v) is 7.06. The van der Waals surface area contributed by atoms with Crippen molar-refractivity contribution >= 4 is 54.9 Å². The summed E-state index contributed by atoms with van der Waals surface area (Å²) in [6, 6.07) is 1.76. The summed E-state index contributed by atoms with van der Waals surface area (Å²) >= 11 is 4.67. The average molecular weight is 616 g/mol. The lowest BCUT2D eigenvalue weighted by Gasteiger charge is -2.38. The van der Waals surface area contributed by atoms with Gasteiger partial charge in [0.05, 0.1) is 23.2 Å². The van der Waals surface area contributed by atoms with Crippen molar-refractivity contribution in [3.63, 3.8) is 0 Å². The van der Waals surface area contributed by atoms with Crippen LogP contribution in [0, 0.1) is 5.82 Å². The molecule has 198 valence electrons. The molecule has 1 aromatic carbocycles. The first-order valence-electron chi connectivity index (χ1n) is 11.3. The van der Waals surface area contributed by atoms with Crippen LogP contribution in [0.1, 0.15) is 30.5 Å². The van der Waals surface area contributed by atoms with Crippen LogP contribution in [0.4, 0.5) is 4.39 Å². The van der Waals surface area contributed by atoms with Crippen LogP contribution in [-0.4, -0.2) is 77.9 Å². The Balaban J connectivity index is 1.85. The number of carboxylic acids is 1. The number of thiazole rings is 1. The van der Waals surface area contributed by atoms with Crippen molar-refractivity contribution in [1.82, 2.24) is 15.2 Å². The minimum absolute atomic E-state index is 0.0421. The van der Waals surface area contributed by atoms with Crippen LogP contribution in [0.15, 0.2) is 50.5 Å². The third-order valence-electron chi connectivity index (χ3n) is 6.20. The second-order valence-corrected chi connectivity index (χ2v) is 12.7. The largest absolute Gasteiger partial charge is 0.480 e. The zero-order valence-corrected chi connectivity index (χ0v) is 23.1. The number of aliphatic carboxylic acids is 1. The molecular formula is C23H24BrFN4O6S2. The van der Waals surface area contributed by atoms with E-state index in [1.807, 2.05) is 0 Å². The van der Waals surface area contributed by atoms with Crippen LogP contribution in [0.2, 0.25) is 0 Å². The van der Waals surface area contributed by atoms with Crippen molar-refractivity contribution in [3.05, 3.63) is 61.9 Å². The molecule has 2 aliphatic rings. The number of aliphatic imine (C=N–C) groups is 1.